The minimum absolute atomic E-state index is 0.0299. The summed E-state index contributed by atoms with van der Waals surface area (Å²) >= 11 is 1.68. The maximum atomic E-state index is 11.8. The summed E-state index contributed by atoms with van der Waals surface area (Å²) in [7, 11) is 0. The molecular formula is C16H15N3OS. The van der Waals surface area contributed by atoms with Gasteiger partial charge in [0.15, 0.2) is 0 Å². The van der Waals surface area contributed by atoms with E-state index in [9.17, 15) is 4.79 Å². The number of carbonyl (C=O) groups is 1. The number of carbonyl (C=O) groups excluding carboxylic acids is 1. The summed E-state index contributed by atoms with van der Waals surface area (Å²) in [5, 5.41) is 3.99. The number of fused-ring (bicyclic) bond motifs is 1. The molecule has 0 fully saturated rings. The van der Waals surface area contributed by atoms with Gasteiger partial charge in [-0.2, -0.15) is 0 Å². The molecule has 106 valence electrons. The number of para-hydroxylation sites is 1. The van der Waals surface area contributed by atoms with Crippen LogP contribution in [0.4, 0.5) is 0 Å². The molecule has 1 aromatic carbocycles. The van der Waals surface area contributed by atoms with Gasteiger partial charge in [-0.25, -0.2) is 4.98 Å². The number of pyridine rings is 1. The van der Waals surface area contributed by atoms with Crippen molar-refractivity contribution in [1.82, 2.24) is 15.3 Å². The highest BCUT2D eigenvalue weighted by Gasteiger charge is 2.05. The van der Waals surface area contributed by atoms with Crippen LogP contribution in [0.1, 0.15) is 10.6 Å². The average molecular weight is 297 g/mol. The first-order chi connectivity index (χ1) is 10.3. The van der Waals surface area contributed by atoms with Gasteiger partial charge in [0, 0.05) is 25.4 Å². The zero-order valence-electron chi connectivity index (χ0n) is 11.5. The van der Waals surface area contributed by atoms with Gasteiger partial charge in [0.1, 0.15) is 0 Å². The van der Waals surface area contributed by atoms with E-state index in [1.165, 1.54) is 4.70 Å². The number of hydrogen-bond donors (Lipinski definition) is 1. The normalized spacial score (nSPS) is 10.7. The molecule has 21 heavy (non-hydrogen) atoms. The lowest BCUT2D eigenvalue weighted by Crippen LogP contribution is -2.27. The summed E-state index contributed by atoms with van der Waals surface area (Å²) < 4.78 is 1.19. The standard InChI is InChI=1S/C16H15N3OS/c20-15(11-12-5-8-17-9-6-12)18-10-7-16-19-13-3-1-2-4-14(13)21-16/h1-6,8-9H,7,10-11H2,(H,18,20). The fourth-order valence-corrected chi connectivity index (χ4v) is 3.05. The number of amides is 1. The minimum Gasteiger partial charge on any atom is -0.355 e. The summed E-state index contributed by atoms with van der Waals surface area (Å²) in [6.45, 7) is 0.615. The fourth-order valence-electron chi connectivity index (χ4n) is 2.08. The number of hydrogen-bond acceptors (Lipinski definition) is 4. The molecule has 0 saturated heterocycles. The third-order valence-electron chi connectivity index (χ3n) is 3.11. The topological polar surface area (TPSA) is 54.9 Å². The molecule has 0 radical (unpaired) electrons. The number of benzene rings is 1. The molecule has 3 aromatic rings. The van der Waals surface area contributed by atoms with Crippen molar-refractivity contribution in [3.8, 4) is 0 Å². The van der Waals surface area contributed by atoms with E-state index >= 15 is 0 Å². The van der Waals surface area contributed by atoms with Crippen molar-refractivity contribution in [3.63, 3.8) is 0 Å². The Morgan fingerprint density at radius 1 is 1.14 bits per heavy atom. The summed E-state index contributed by atoms with van der Waals surface area (Å²) in [6, 6.07) is 11.8. The Kier molecular flexibility index (Phi) is 4.21. The van der Waals surface area contributed by atoms with Gasteiger partial charge in [-0.3, -0.25) is 9.78 Å². The van der Waals surface area contributed by atoms with Gasteiger partial charge in [0.05, 0.1) is 21.6 Å². The van der Waals surface area contributed by atoms with Crippen molar-refractivity contribution < 1.29 is 4.79 Å². The van der Waals surface area contributed by atoms with Crippen LogP contribution in [0.3, 0.4) is 0 Å². The molecule has 0 spiro atoms. The van der Waals surface area contributed by atoms with E-state index < -0.39 is 0 Å². The SMILES string of the molecule is O=C(Cc1ccncc1)NCCc1nc2ccccc2s1. The van der Waals surface area contributed by atoms with Crippen LogP contribution in [0.15, 0.2) is 48.8 Å². The predicted molar refractivity (Wildman–Crippen MR) is 84.3 cm³/mol. The van der Waals surface area contributed by atoms with Crippen molar-refractivity contribution in [2.75, 3.05) is 6.54 Å². The monoisotopic (exact) mass is 297 g/mol. The molecule has 4 nitrogen and oxygen atoms in total. The van der Waals surface area contributed by atoms with E-state index in [1.54, 1.807) is 23.7 Å². The first kappa shape index (κ1) is 13.7. The second-order valence-electron chi connectivity index (χ2n) is 4.71. The third kappa shape index (κ3) is 3.64. The van der Waals surface area contributed by atoms with E-state index in [1.807, 2.05) is 30.3 Å². The van der Waals surface area contributed by atoms with Crippen molar-refractivity contribution in [3.05, 3.63) is 59.4 Å². The molecule has 2 heterocycles. The number of aromatic nitrogens is 2. The van der Waals surface area contributed by atoms with Crippen LogP contribution >= 0.6 is 11.3 Å². The molecule has 0 aliphatic heterocycles. The van der Waals surface area contributed by atoms with Gasteiger partial charge in [-0.05, 0) is 29.8 Å². The molecule has 0 aliphatic carbocycles. The Labute approximate surface area is 126 Å². The second kappa shape index (κ2) is 6.45. The lowest BCUT2D eigenvalue weighted by molar-refractivity contribution is -0.120. The Hall–Kier alpha value is -2.27. The molecule has 0 saturated carbocycles. The first-order valence-electron chi connectivity index (χ1n) is 6.81. The van der Waals surface area contributed by atoms with Crippen LogP contribution in [-0.4, -0.2) is 22.4 Å². The van der Waals surface area contributed by atoms with Gasteiger partial charge < -0.3 is 5.32 Å². The Morgan fingerprint density at radius 3 is 2.76 bits per heavy atom. The van der Waals surface area contributed by atoms with Gasteiger partial charge >= 0.3 is 0 Å². The Morgan fingerprint density at radius 2 is 1.95 bits per heavy atom. The third-order valence-corrected chi connectivity index (χ3v) is 4.21. The molecule has 3 rings (SSSR count). The summed E-state index contributed by atoms with van der Waals surface area (Å²) in [5.41, 5.74) is 2.00. The Balaban J connectivity index is 1.50. The molecule has 0 atom stereocenters. The summed E-state index contributed by atoms with van der Waals surface area (Å²) in [5.74, 6) is 0.0299. The van der Waals surface area contributed by atoms with Crippen LogP contribution < -0.4 is 5.32 Å². The second-order valence-corrected chi connectivity index (χ2v) is 5.82. The molecule has 5 heteroatoms. The van der Waals surface area contributed by atoms with Crippen molar-refractivity contribution in [1.29, 1.82) is 0 Å². The lowest BCUT2D eigenvalue weighted by atomic mass is 10.2. The van der Waals surface area contributed by atoms with E-state index in [-0.39, 0.29) is 5.91 Å². The van der Waals surface area contributed by atoms with Crippen molar-refractivity contribution >= 4 is 27.5 Å². The number of nitrogens with zero attached hydrogens (tertiary/aromatic N) is 2. The lowest BCUT2D eigenvalue weighted by Gasteiger charge is -2.03. The van der Waals surface area contributed by atoms with Crippen LogP contribution in [0.2, 0.25) is 0 Å². The summed E-state index contributed by atoms with van der Waals surface area (Å²) in [4.78, 5) is 20.3. The largest absolute Gasteiger partial charge is 0.355 e. The van der Waals surface area contributed by atoms with Gasteiger partial charge in [0.2, 0.25) is 5.91 Å². The van der Waals surface area contributed by atoms with Crippen LogP contribution in [0.25, 0.3) is 10.2 Å². The van der Waals surface area contributed by atoms with Crippen LogP contribution in [0.5, 0.6) is 0 Å². The van der Waals surface area contributed by atoms with Gasteiger partial charge in [0.25, 0.3) is 0 Å². The highest BCUT2D eigenvalue weighted by molar-refractivity contribution is 7.18. The van der Waals surface area contributed by atoms with Crippen LogP contribution in [0, 0.1) is 0 Å². The molecule has 0 unspecified atom stereocenters. The Bertz CT molecular complexity index is 706. The highest BCUT2D eigenvalue weighted by Crippen LogP contribution is 2.21. The molecule has 0 bridgehead atoms. The molecule has 0 aliphatic rings. The quantitative estimate of drug-likeness (QED) is 0.787. The number of nitrogens with one attached hydrogen (secondary N) is 1. The van der Waals surface area contributed by atoms with E-state index in [0.29, 0.717) is 13.0 Å². The molecule has 1 N–H and O–H groups in total. The first-order valence-corrected chi connectivity index (χ1v) is 7.63. The van der Waals surface area contributed by atoms with Crippen molar-refractivity contribution in [2.24, 2.45) is 0 Å². The molecule has 2 aromatic heterocycles. The number of rotatable bonds is 5. The zero-order valence-corrected chi connectivity index (χ0v) is 12.3. The fraction of sp³-hybridized carbons (Fsp3) is 0.188. The van der Waals surface area contributed by atoms with E-state index in [2.05, 4.69) is 21.4 Å². The zero-order chi connectivity index (χ0) is 14.5. The molecule has 1 amide bonds. The van der Waals surface area contributed by atoms with Crippen molar-refractivity contribution in [2.45, 2.75) is 12.8 Å². The van der Waals surface area contributed by atoms with E-state index in [0.717, 1.165) is 22.5 Å². The van der Waals surface area contributed by atoms with Crippen LogP contribution in [-0.2, 0) is 17.6 Å². The van der Waals surface area contributed by atoms with Gasteiger partial charge in [-0.1, -0.05) is 12.1 Å². The predicted octanol–water partition coefficient (Wildman–Crippen LogP) is 2.59. The number of thiazole rings is 1. The summed E-state index contributed by atoms with van der Waals surface area (Å²) in [6.07, 6.45) is 4.55. The highest BCUT2D eigenvalue weighted by atomic mass is 32.1. The maximum absolute atomic E-state index is 11.8. The maximum Gasteiger partial charge on any atom is 0.224 e. The smallest absolute Gasteiger partial charge is 0.224 e. The average Bonchev–Trinajstić information content (AvgIpc) is 2.91. The van der Waals surface area contributed by atoms with Gasteiger partial charge in [-0.15, -0.1) is 11.3 Å². The minimum atomic E-state index is 0.0299. The van der Waals surface area contributed by atoms with E-state index in [4.69, 9.17) is 0 Å². The molecular weight excluding hydrogens is 282 g/mol.